The Bertz CT molecular complexity index is 291. The molecule has 0 aromatic heterocycles. The number of piperidine rings is 1. The van der Waals surface area contributed by atoms with Gasteiger partial charge in [0.25, 0.3) is 0 Å². The number of nitrogens with zero attached hydrogens (tertiary/aromatic N) is 3. The van der Waals surface area contributed by atoms with Crippen LogP contribution in [-0.4, -0.2) is 55.0 Å². The number of unbranched alkanes of at least 4 members (excludes halogenated alkanes) is 1. The van der Waals surface area contributed by atoms with E-state index in [9.17, 15) is 0 Å². The van der Waals surface area contributed by atoms with Crippen LogP contribution in [0.2, 0.25) is 0 Å². The van der Waals surface area contributed by atoms with Gasteiger partial charge < -0.3 is 9.80 Å². The Balaban J connectivity index is 1.72. The first-order valence-corrected chi connectivity index (χ1v) is 8.32. The standard InChI is InChI=1S/C15H31N5/c1-2-3-8-17-15(18-16)20-11-6-14(7-12-20)13-19-9-4-5-10-19/h14H,2-13,16H2,1H3,(H,17,18). The van der Waals surface area contributed by atoms with Crippen LogP contribution in [0.15, 0.2) is 4.99 Å². The van der Waals surface area contributed by atoms with E-state index in [1.807, 2.05) is 0 Å². The van der Waals surface area contributed by atoms with Crippen LogP contribution < -0.4 is 11.3 Å². The number of nitrogens with one attached hydrogen (secondary N) is 1. The molecule has 0 spiro atoms. The minimum absolute atomic E-state index is 0.860. The first-order chi connectivity index (χ1) is 9.83. The molecule has 116 valence electrons. The third-order valence-electron chi connectivity index (χ3n) is 4.53. The smallest absolute Gasteiger partial charge is 0.208 e. The van der Waals surface area contributed by atoms with Gasteiger partial charge >= 0.3 is 0 Å². The maximum absolute atomic E-state index is 5.62. The highest BCUT2D eigenvalue weighted by atomic mass is 15.4. The first kappa shape index (κ1) is 15.6. The molecule has 2 rings (SSSR count). The van der Waals surface area contributed by atoms with E-state index >= 15 is 0 Å². The predicted molar refractivity (Wildman–Crippen MR) is 84.5 cm³/mol. The van der Waals surface area contributed by atoms with Gasteiger partial charge in [0.1, 0.15) is 0 Å². The van der Waals surface area contributed by atoms with Gasteiger partial charge in [-0.05, 0) is 51.1 Å². The monoisotopic (exact) mass is 281 g/mol. The van der Waals surface area contributed by atoms with Crippen LogP contribution in [0.5, 0.6) is 0 Å². The number of guanidine groups is 1. The maximum Gasteiger partial charge on any atom is 0.208 e. The summed E-state index contributed by atoms with van der Waals surface area (Å²) >= 11 is 0. The molecule has 2 saturated heterocycles. The number of hydrogen-bond acceptors (Lipinski definition) is 3. The lowest BCUT2D eigenvalue weighted by Gasteiger charge is -2.35. The Morgan fingerprint density at radius 1 is 1.20 bits per heavy atom. The van der Waals surface area contributed by atoms with Crippen molar-refractivity contribution in [3.05, 3.63) is 0 Å². The summed E-state index contributed by atoms with van der Waals surface area (Å²) in [6.45, 7) is 9.18. The van der Waals surface area contributed by atoms with Gasteiger partial charge in [0.15, 0.2) is 0 Å². The molecule has 0 radical (unpaired) electrons. The van der Waals surface area contributed by atoms with Crippen molar-refractivity contribution < 1.29 is 0 Å². The molecule has 2 aliphatic rings. The van der Waals surface area contributed by atoms with Crippen LogP contribution in [0.4, 0.5) is 0 Å². The molecule has 5 nitrogen and oxygen atoms in total. The molecular formula is C15H31N5. The van der Waals surface area contributed by atoms with Gasteiger partial charge in [-0.15, -0.1) is 0 Å². The summed E-state index contributed by atoms with van der Waals surface area (Å²) in [7, 11) is 0. The number of likely N-dealkylation sites (tertiary alicyclic amines) is 2. The molecule has 0 amide bonds. The molecule has 0 aliphatic carbocycles. The van der Waals surface area contributed by atoms with E-state index in [0.717, 1.165) is 37.9 Å². The van der Waals surface area contributed by atoms with Crippen LogP contribution in [0.3, 0.4) is 0 Å². The summed E-state index contributed by atoms with van der Waals surface area (Å²) in [6.07, 6.45) is 7.64. The second-order valence-electron chi connectivity index (χ2n) is 6.14. The van der Waals surface area contributed by atoms with E-state index in [1.165, 1.54) is 51.7 Å². The van der Waals surface area contributed by atoms with Crippen molar-refractivity contribution in [1.29, 1.82) is 0 Å². The van der Waals surface area contributed by atoms with Crippen molar-refractivity contribution in [1.82, 2.24) is 15.2 Å². The van der Waals surface area contributed by atoms with E-state index in [2.05, 4.69) is 27.1 Å². The number of aliphatic imine (C=N–C) groups is 1. The summed E-state index contributed by atoms with van der Waals surface area (Å²) in [5.74, 6) is 7.37. The Morgan fingerprint density at radius 2 is 1.90 bits per heavy atom. The van der Waals surface area contributed by atoms with E-state index in [1.54, 1.807) is 0 Å². The molecule has 0 aromatic carbocycles. The predicted octanol–water partition coefficient (Wildman–Crippen LogP) is 1.41. The second kappa shape index (κ2) is 8.47. The van der Waals surface area contributed by atoms with E-state index < -0.39 is 0 Å². The van der Waals surface area contributed by atoms with Crippen molar-refractivity contribution in [2.75, 3.05) is 39.3 Å². The molecule has 0 atom stereocenters. The van der Waals surface area contributed by atoms with Crippen LogP contribution in [0.25, 0.3) is 0 Å². The summed E-state index contributed by atoms with van der Waals surface area (Å²) in [6, 6.07) is 0. The summed E-state index contributed by atoms with van der Waals surface area (Å²) in [5.41, 5.74) is 2.78. The highest BCUT2D eigenvalue weighted by Crippen LogP contribution is 2.20. The fraction of sp³-hybridized carbons (Fsp3) is 0.933. The normalized spacial score (nSPS) is 22.5. The molecule has 2 heterocycles. The van der Waals surface area contributed by atoms with Crippen LogP contribution in [-0.2, 0) is 0 Å². The fourth-order valence-corrected chi connectivity index (χ4v) is 3.24. The topological polar surface area (TPSA) is 56.9 Å². The highest BCUT2D eigenvalue weighted by Gasteiger charge is 2.24. The lowest BCUT2D eigenvalue weighted by Crippen LogP contribution is -2.49. The summed E-state index contributed by atoms with van der Waals surface area (Å²) < 4.78 is 0. The SMILES string of the molecule is CCCCN=C(NN)N1CCC(CN2CCCC2)CC1. The quantitative estimate of drug-likeness (QED) is 0.263. The van der Waals surface area contributed by atoms with Gasteiger partial charge in [0.05, 0.1) is 0 Å². The van der Waals surface area contributed by atoms with Gasteiger partial charge in [-0.25, -0.2) is 5.84 Å². The molecule has 2 fully saturated rings. The number of nitrogens with two attached hydrogens (primary N) is 1. The Hall–Kier alpha value is -0.810. The average Bonchev–Trinajstić information content (AvgIpc) is 2.98. The molecule has 3 N–H and O–H groups in total. The number of rotatable bonds is 5. The Kier molecular flexibility index (Phi) is 6.60. The highest BCUT2D eigenvalue weighted by molar-refractivity contribution is 5.79. The van der Waals surface area contributed by atoms with Crippen molar-refractivity contribution in [2.45, 2.75) is 45.4 Å². The van der Waals surface area contributed by atoms with Gasteiger partial charge in [0, 0.05) is 26.2 Å². The van der Waals surface area contributed by atoms with Crippen molar-refractivity contribution >= 4 is 5.96 Å². The summed E-state index contributed by atoms with van der Waals surface area (Å²) in [5, 5.41) is 0. The molecule has 0 unspecified atom stereocenters. The molecule has 0 saturated carbocycles. The zero-order valence-corrected chi connectivity index (χ0v) is 13.0. The van der Waals surface area contributed by atoms with Crippen LogP contribution in [0, 0.1) is 5.92 Å². The lowest BCUT2D eigenvalue weighted by molar-refractivity contribution is 0.198. The second-order valence-corrected chi connectivity index (χ2v) is 6.14. The van der Waals surface area contributed by atoms with Gasteiger partial charge in [-0.2, -0.15) is 0 Å². The molecule has 0 bridgehead atoms. The van der Waals surface area contributed by atoms with Crippen molar-refractivity contribution in [3.63, 3.8) is 0 Å². The minimum atomic E-state index is 0.860. The molecule has 5 heteroatoms. The summed E-state index contributed by atoms with van der Waals surface area (Å²) in [4.78, 5) is 9.53. The van der Waals surface area contributed by atoms with Gasteiger partial charge in [-0.1, -0.05) is 13.3 Å². The van der Waals surface area contributed by atoms with Gasteiger partial charge in [0.2, 0.25) is 5.96 Å². The van der Waals surface area contributed by atoms with Crippen molar-refractivity contribution in [3.8, 4) is 0 Å². The minimum Gasteiger partial charge on any atom is -0.342 e. The third kappa shape index (κ3) is 4.63. The molecule has 20 heavy (non-hydrogen) atoms. The Labute approximate surface area is 123 Å². The zero-order chi connectivity index (χ0) is 14.2. The van der Waals surface area contributed by atoms with E-state index in [-0.39, 0.29) is 0 Å². The first-order valence-electron chi connectivity index (χ1n) is 8.32. The van der Waals surface area contributed by atoms with Crippen LogP contribution in [0.1, 0.15) is 45.4 Å². The van der Waals surface area contributed by atoms with E-state index in [4.69, 9.17) is 5.84 Å². The maximum atomic E-state index is 5.62. The average molecular weight is 281 g/mol. The van der Waals surface area contributed by atoms with E-state index in [0.29, 0.717) is 0 Å². The van der Waals surface area contributed by atoms with Gasteiger partial charge in [-0.3, -0.25) is 10.4 Å². The van der Waals surface area contributed by atoms with Crippen LogP contribution >= 0.6 is 0 Å². The van der Waals surface area contributed by atoms with Crippen molar-refractivity contribution in [2.24, 2.45) is 16.8 Å². The molecule has 2 aliphatic heterocycles. The molecule has 0 aromatic rings. The number of hydrogen-bond donors (Lipinski definition) is 2. The third-order valence-corrected chi connectivity index (χ3v) is 4.53. The lowest BCUT2D eigenvalue weighted by atomic mass is 9.96. The number of hydrazine groups is 1. The molecular weight excluding hydrogens is 250 g/mol. The largest absolute Gasteiger partial charge is 0.342 e. The fourth-order valence-electron chi connectivity index (χ4n) is 3.24. The zero-order valence-electron chi connectivity index (χ0n) is 13.0. The Morgan fingerprint density at radius 3 is 2.50 bits per heavy atom.